The number of benzene rings is 2. The Kier molecular flexibility index (Phi) is 22.5. The van der Waals surface area contributed by atoms with Crippen LogP contribution in [0.2, 0.25) is 0 Å². The molecule has 1 aliphatic heterocycles. The lowest BCUT2D eigenvalue weighted by atomic mass is 9.90. The minimum atomic E-state index is -1.22. The Morgan fingerprint density at radius 1 is 0.869 bits per heavy atom. The second-order valence-corrected chi connectivity index (χ2v) is 15.4. The summed E-state index contributed by atoms with van der Waals surface area (Å²) in [5.74, 6) is -3.58. The van der Waals surface area contributed by atoms with Crippen LogP contribution in [0.1, 0.15) is 108 Å². The molecule has 0 fully saturated rings. The van der Waals surface area contributed by atoms with E-state index in [1.807, 2.05) is 25.1 Å². The van der Waals surface area contributed by atoms with Crippen molar-refractivity contribution in [3.63, 3.8) is 0 Å². The summed E-state index contributed by atoms with van der Waals surface area (Å²) < 4.78 is 10.8. The molecular weight excluding hydrogens is 783 g/mol. The van der Waals surface area contributed by atoms with Gasteiger partial charge in [-0.15, -0.1) is 0 Å². The monoisotopic (exact) mass is 850 g/mol. The zero-order valence-electron chi connectivity index (χ0n) is 36.5. The van der Waals surface area contributed by atoms with Gasteiger partial charge in [-0.05, 0) is 59.8 Å². The predicted molar refractivity (Wildman–Crippen MR) is 232 cm³/mol. The molecule has 336 valence electrons. The number of carbonyl (C=O) groups excluding carboxylic acids is 7. The van der Waals surface area contributed by atoms with Crippen LogP contribution in [0, 0.1) is 0 Å². The van der Waals surface area contributed by atoms with Gasteiger partial charge < -0.3 is 46.7 Å². The maximum Gasteiger partial charge on any atom is 0.303 e. The van der Waals surface area contributed by atoms with E-state index in [0.29, 0.717) is 35.4 Å². The molecule has 5 amide bonds. The lowest BCUT2D eigenvalue weighted by Gasteiger charge is -2.29. The fourth-order valence-electron chi connectivity index (χ4n) is 7.00. The van der Waals surface area contributed by atoms with Crippen LogP contribution in [0.25, 0.3) is 11.1 Å². The average Bonchev–Trinajstić information content (AvgIpc) is 3.24. The first-order valence-electron chi connectivity index (χ1n) is 21.7. The minimum absolute atomic E-state index is 0.0114. The molecule has 2 aromatic rings. The summed E-state index contributed by atoms with van der Waals surface area (Å²) >= 11 is 0. The van der Waals surface area contributed by atoms with Gasteiger partial charge >= 0.3 is 5.97 Å². The van der Waals surface area contributed by atoms with E-state index in [-0.39, 0.29) is 38.4 Å². The number of ether oxygens (including phenoxy) is 2. The summed E-state index contributed by atoms with van der Waals surface area (Å²) in [6, 6.07) is 8.47. The number of hydrogen-bond donors (Lipinski definition) is 6. The van der Waals surface area contributed by atoms with E-state index in [2.05, 4.69) is 33.5 Å². The van der Waals surface area contributed by atoms with Gasteiger partial charge in [0.25, 0.3) is 0 Å². The van der Waals surface area contributed by atoms with E-state index < -0.39 is 67.2 Å². The van der Waals surface area contributed by atoms with Crippen molar-refractivity contribution in [1.29, 1.82) is 0 Å². The van der Waals surface area contributed by atoms with Gasteiger partial charge in [0.05, 0.1) is 19.6 Å². The van der Waals surface area contributed by atoms with Crippen molar-refractivity contribution in [3.05, 3.63) is 53.1 Å². The maximum atomic E-state index is 14.1. The number of nitrogens with zero attached hydrogens (tertiary/aromatic N) is 1. The topological polar surface area (TPSA) is 227 Å². The van der Waals surface area contributed by atoms with Crippen LogP contribution in [-0.4, -0.2) is 112 Å². The number of carbonyl (C=O) groups is 7. The lowest BCUT2D eigenvalue weighted by molar-refractivity contribution is -0.145. The van der Waals surface area contributed by atoms with Crippen molar-refractivity contribution in [1.82, 2.24) is 31.5 Å². The number of unbranched alkanes of at least 4 members (excludes halogenated alkanes) is 7. The van der Waals surface area contributed by atoms with Gasteiger partial charge in [0.1, 0.15) is 24.4 Å². The van der Waals surface area contributed by atoms with Crippen LogP contribution in [0.15, 0.2) is 36.4 Å². The third-order valence-electron chi connectivity index (χ3n) is 10.3. The largest absolute Gasteiger partial charge is 0.492 e. The van der Waals surface area contributed by atoms with Gasteiger partial charge in [-0.1, -0.05) is 83.4 Å². The molecule has 0 aliphatic carbocycles. The van der Waals surface area contributed by atoms with Crippen LogP contribution in [-0.2, 0) is 51.1 Å². The molecule has 1 heterocycles. The SMILES string of the molecule is CCCCCCCCCCNCCC(=O)NCC(=O)N(C)C1C(=O)NCC(=O)NC(C(=O)NCC(=O)COC(C)=O)Cc2ccc(OCCN)c(c2)-c2cc1ccc2CCC. The van der Waals surface area contributed by atoms with E-state index in [4.69, 9.17) is 15.2 Å². The molecule has 0 saturated carbocycles. The average molecular weight is 850 g/mol. The van der Waals surface area contributed by atoms with E-state index >= 15 is 0 Å². The third-order valence-corrected chi connectivity index (χ3v) is 10.3. The molecule has 0 saturated heterocycles. The molecule has 4 bridgehead atoms. The molecule has 3 rings (SSSR count). The highest BCUT2D eigenvalue weighted by atomic mass is 16.5. The Balaban J connectivity index is 1.84. The third kappa shape index (κ3) is 17.6. The number of hydrogen-bond acceptors (Lipinski definition) is 11. The van der Waals surface area contributed by atoms with Crippen molar-refractivity contribution in [2.45, 2.75) is 110 Å². The Bertz CT molecular complexity index is 1790. The van der Waals surface area contributed by atoms with Crippen LogP contribution in [0.3, 0.4) is 0 Å². The number of amides is 5. The minimum Gasteiger partial charge on any atom is -0.492 e. The van der Waals surface area contributed by atoms with Crippen molar-refractivity contribution in [2.24, 2.45) is 5.73 Å². The van der Waals surface area contributed by atoms with Gasteiger partial charge in [0, 0.05) is 45.5 Å². The van der Waals surface area contributed by atoms with Crippen molar-refractivity contribution in [2.75, 3.05) is 59.5 Å². The summed E-state index contributed by atoms with van der Waals surface area (Å²) in [7, 11) is 1.46. The molecule has 61 heavy (non-hydrogen) atoms. The van der Waals surface area contributed by atoms with Crippen LogP contribution >= 0.6 is 0 Å². The number of fused-ring (bicyclic) bond motifs is 5. The van der Waals surface area contributed by atoms with Crippen LogP contribution in [0.4, 0.5) is 0 Å². The maximum absolute atomic E-state index is 14.1. The number of ketones is 1. The molecule has 16 heteroatoms. The predicted octanol–water partition coefficient (Wildman–Crippen LogP) is 2.79. The molecule has 1 aliphatic rings. The van der Waals surface area contributed by atoms with Gasteiger partial charge in [0.2, 0.25) is 29.5 Å². The zero-order valence-corrected chi connectivity index (χ0v) is 36.5. The lowest BCUT2D eigenvalue weighted by Crippen LogP contribution is -2.52. The second-order valence-electron chi connectivity index (χ2n) is 15.4. The van der Waals surface area contributed by atoms with E-state index in [1.54, 1.807) is 18.2 Å². The summed E-state index contributed by atoms with van der Waals surface area (Å²) in [6.07, 6.45) is 11.4. The smallest absolute Gasteiger partial charge is 0.303 e. The van der Waals surface area contributed by atoms with Crippen molar-refractivity contribution >= 4 is 41.3 Å². The molecule has 7 N–H and O–H groups in total. The molecule has 2 unspecified atom stereocenters. The quantitative estimate of drug-likeness (QED) is 0.0629. The number of likely N-dealkylation sites (N-methyl/N-ethyl adjacent to an activating group) is 1. The molecule has 2 atom stereocenters. The number of Topliss-reactive ketones (excluding diaryl/α,β-unsaturated/α-hetero) is 1. The first kappa shape index (κ1) is 50.0. The van der Waals surface area contributed by atoms with Gasteiger partial charge in [-0.25, -0.2) is 0 Å². The first-order valence-corrected chi connectivity index (χ1v) is 21.7. The van der Waals surface area contributed by atoms with E-state index in [1.165, 1.54) is 50.5 Å². The highest BCUT2D eigenvalue weighted by Gasteiger charge is 2.31. The normalized spacial score (nSPS) is 15.1. The molecule has 16 nitrogen and oxygen atoms in total. The highest BCUT2D eigenvalue weighted by molar-refractivity contribution is 5.95. The van der Waals surface area contributed by atoms with E-state index in [0.717, 1.165) is 43.9 Å². The molecular formula is C45H67N7O9. The number of esters is 1. The summed E-state index contributed by atoms with van der Waals surface area (Å²) in [4.78, 5) is 91.9. The standard InChI is InChI=1S/C45H67N7O9/c1-5-7-8-9-10-11-12-13-21-47-22-19-40(55)48-29-42(57)52(4)43-34-17-16-33(14-6-2)36(26-34)37-24-32(15-18-39(37)60-23-20-46)25-38(51-41(56)28-50-45(43)59)44(58)49-27-35(54)30-61-31(3)53/h15-18,24,26,38,43,47H,5-14,19-23,25,27-30,46H2,1-4H3,(H,48,55)(H,49,58)(H,50,59)(H,51,56). The van der Waals surface area contributed by atoms with Gasteiger partial charge in [-0.2, -0.15) is 0 Å². The molecule has 0 radical (unpaired) electrons. The van der Waals surface area contributed by atoms with Crippen LogP contribution < -0.4 is 37.1 Å². The van der Waals surface area contributed by atoms with E-state index in [9.17, 15) is 33.6 Å². The summed E-state index contributed by atoms with van der Waals surface area (Å²) in [5, 5.41) is 13.8. The van der Waals surface area contributed by atoms with Crippen LogP contribution in [0.5, 0.6) is 5.75 Å². The number of nitrogens with two attached hydrogens (primary N) is 1. The second kappa shape index (κ2) is 27.5. The Labute approximate surface area is 360 Å². The Morgan fingerprint density at radius 3 is 2.31 bits per heavy atom. The fraction of sp³-hybridized carbons (Fsp3) is 0.578. The number of nitrogens with one attached hydrogen (secondary N) is 5. The number of rotatable bonds is 25. The molecule has 2 aromatic carbocycles. The zero-order chi connectivity index (χ0) is 44.6. The summed E-state index contributed by atoms with van der Waals surface area (Å²) in [5.41, 5.74) is 9.24. The molecule has 0 spiro atoms. The number of aryl methyl sites for hydroxylation is 1. The Hall–Kier alpha value is -5.35. The fourth-order valence-corrected chi connectivity index (χ4v) is 7.00. The molecule has 0 aromatic heterocycles. The van der Waals surface area contributed by atoms with Gasteiger partial charge in [-0.3, -0.25) is 33.6 Å². The van der Waals surface area contributed by atoms with Gasteiger partial charge in [0.15, 0.2) is 12.4 Å². The van der Waals surface area contributed by atoms with Crippen molar-refractivity contribution < 1.29 is 43.0 Å². The summed E-state index contributed by atoms with van der Waals surface area (Å²) in [6.45, 7) is 5.31. The first-order chi connectivity index (χ1) is 29.4. The Morgan fingerprint density at radius 2 is 1.61 bits per heavy atom. The van der Waals surface area contributed by atoms with Crippen molar-refractivity contribution in [3.8, 4) is 16.9 Å². The highest BCUT2D eigenvalue weighted by Crippen LogP contribution is 2.37.